The summed E-state index contributed by atoms with van der Waals surface area (Å²) in [5.74, 6) is -0.407. The zero-order valence-corrected chi connectivity index (χ0v) is 17.5. The van der Waals surface area contributed by atoms with E-state index in [1.54, 1.807) is 6.92 Å². The summed E-state index contributed by atoms with van der Waals surface area (Å²) in [5.41, 5.74) is 0.363. The highest BCUT2D eigenvalue weighted by Gasteiger charge is 2.32. The first-order chi connectivity index (χ1) is 11.0. The van der Waals surface area contributed by atoms with Gasteiger partial charge in [0, 0.05) is 12.0 Å². The molecule has 0 spiro atoms. The molecule has 0 saturated carbocycles. The minimum atomic E-state index is -4.11. The average molecular weight is 385 g/mol. The standard InChI is InChI=1S/C16H31F3O3Si2/c1-6-7-11-23(12-9-16(17,18)19)22-24(4,5)13-8-10-21-15(20)14(2)3/h23H,2,6-13H2,1,3-5H3. The van der Waals surface area contributed by atoms with Crippen molar-refractivity contribution in [2.24, 2.45) is 0 Å². The van der Waals surface area contributed by atoms with E-state index in [2.05, 4.69) is 6.58 Å². The number of hydrogen-bond acceptors (Lipinski definition) is 3. The van der Waals surface area contributed by atoms with E-state index >= 15 is 0 Å². The minimum Gasteiger partial charge on any atom is -0.462 e. The third kappa shape index (κ3) is 12.8. The Kier molecular flexibility index (Phi) is 10.8. The van der Waals surface area contributed by atoms with E-state index in [4.69, 9.17) is 8.85 Å². The van der Waals surface area contributed by atoms with Gasteiger partial charge in [0.1, 0.15) is 0 Å². The van der Waals surface area contributed by atoms with Crippen LogP contribution in [-0.4, -0.2) is 36.1 Å². The fourth-order valence-corrected chi connectivity index (χ4v) is 10.1. The Labute approximate surface area is 146 Å². The van der Waals surface area contributed by atoms with Gasteiger partial charge in [-0.1, -0.05) is 26.3 Å². The molecular formula is C16H31F3O3Si2. The maximum absolute atomic E-state index is 12.5. The molecule has 0 aromatic rings. The van der Waals surface area contributed by atoms with Gasteiger partial charge in [0.05, 0.1) is 6.61 Å². The van der Waals surface area contributed by atoms with Crippen molar-refractivity contribution in [2.75, 3.05) is 6.61 Å². The van der Waals surface area contributed by atoms with Gasteiger partial charge >= 0.3 is 12.1 Å². The molecule has 0 bridgehead atoms. The number of hydrogen-bond donors (Lipinski definition) is 0. The van der Waals surface area contributed by atoms with Crippen LogP contribution in [0.15, 0.2) is 12.2 Å². The number of carbonyl (C=O) groups excluding carboxylic acids is 1. The van der Waals surface area contributed by atoms with Gasteiger partial charge in [0.25, 0.3) is 0 Å². The minimum absolute atomic E-state index is 0.157. The molecule has 1 unspecified atom stereocenters. The van der Waals surface area contributed by atoms with Crippen LogP contribution in [0.2, 0.25) is 31.2 Å². The van der Waals surface area contributed by atoms with Crippen molar-refractivity contribution < 1.29 is 26.8 Å². The third-order valence-corrected chi connectivity index (χ3v) is 11.0. The highest BCUT2D eigenvalue weighted by atomic mass is 28.4. The van der Waals surface area contributed by atoms with Crippen molar-refractivity contribution in [3.63, 3.8) is 0 Å². The molecule has 0 amide bonds. The number of halogens is 3. The number of ether oxygens (including phenoxy) is 1. The van der Waals surface area contributed by atoms with Crippen LogP contribution in [0, 0.1) is 0 Å². The largest absolute Gasteiger partial charge is 0.462 e. The van der Waals surface area contributed by atoms with Crippen molar-refractivity contribution in [2.45, 2.75) is 76.9 Å². The maximum atomic E-state index is 12.5. The molecular weight excluding hydrogens is 353 g/mol. The smallest absolute Gasteiger partial charge is 0.388 e. The lowest BCUT2D eigenvalue weighted by Crippen LogP contribution is -2.38. The summed E-state index contributed by atoms with van der Waals surface area (Å²) < 4.78 is 48.7. The van der Waals surface area contributed by atoms with Crippen molar-refractivity contribution in [1.82, 2.24) is 0 Å². The van der Waals surface area contributed by atoms with Crippen molar-refractivity contribution in [3.05, 3.63) is 12.2 Å². The van der Waals surface area contributed by atoms with Crippen LogP contribution in [0.1, 0.15) is 39.5 Å². The molecule has 0 aromatic carbocycles. The molecule has 0 radical (unpaired) electrons. The lowest BCUT2D eigenvalue weighted by molar-refractivity contribution is -0.139. The molecule has 142 valence electrons. The van der Waals surface area contributed by atoms with Gasteiger partial charge in [-0.15, -0.1) is 0 Å². The van der Waals surface area contributed by atoms with Gasteiger partial charge in [-0.05, 0) is 44.6 Å². The van der Waals surface area contributed by atoms with E-state index in [0.717, 1.165) is 24.9 Å². The second-order valence-electron chi connectivity index (χ2n) is 6.82. The van der Waals surface area contributed by atoms with E-state index in [9.17, 15) is 18.0 Å². The Morgan fingerprint density at radius 1 is 1.21 bits per heavy atom. The zero-order valence-electron chi connectivity index (χ0n) is 15.3. The summed E-state index contributed by atoms with van der Waals surface area (Å²) in [6, 6.07) is 1.73. The molecule has 24 heavy (non-hydrogen) atoms. The summed E-state index contributed by atoms with van der Waals surface area (Å²) >= 11 is 0. The molecule has 3 nitrogen and oxygen atoms in total. The van der Waals surface area contributed by atoms with Crippen LogP contribution >= 0.6 is 0 Å². The van der Waals surface area contributed by atoms with Crippen LogP contribution in [0.4, 0.5) is 13.2 Å². The first-order valence-electron chi connectivity index (χ1n) is 8.54. The van der Waals surface area contributed by atoms with E-state index in [1.165, 1.54) is 0 Å². The SMILES string of the molecule is C=C(C)C(=O)OCCC[Si](C)(C)O[SiH](CCCC)CCC(F)(F)F. The summed E-state index contributed by atoms with van der Waals surface area (Å²) in [6.07, 6.45) is -2.28. The van der Waals surface area contributed by atoms with Crippen LogP contribution < -0.4 is 0 Å². The first-order valence-corrected chi connectivity index (χ1v) is 13.8. The molecule has 0 rings (SSSR count). The molecule has 0 saturated heterocycles. The molecule has 0 aliphatic heterocycles. The lowest BCUT2D eigenvalue weighted by atomic mass is 10.4. The van der Waals surface area contributed by atoms with Crippen molar-refractivity contribution >= 4 is 23.3 Å². The van der Waals surface area contributed by atoms with Crippen LogP contribution in [0.3, 0.4) is 0 Å². The van der Waals surface area contributed by atoms with E-state index in [0.29, 0.717) is 18.6 Å². The summed E-state index contributed by atoms with van der Waals surface area (Å²) in [7, 11) is -3.88. The second-order valence-corrected chi connectivity index (χ2v) is 14.2. The Hall–Kier alpha value is -0.606. The fraction of sp³-hybridized carbons (Fsp3) is 0.812. The number of carbonyl (C=O) groups is 1. The molecule has 0 fully saturated rings. The summed E-state index contributed by atoms with van der Waals surface area (Å²) in [6.45, 7) is 11.5. The summed E-state index contributed by atoms with van der Waals surface area (Å²) in [4.78, 5) is 11.3. The molecule has 0 aromatic heterocycles. The Bertz CT molecular complexity index is 399. The summed E-state index contributed by atoms with van der Waals surface area (Å²) in [5, 5.41) is 0. The highest BCUT2D eigenvalue weighted by Crippen LogP contribution is 2.26. The van der Waals surface area contributed by atoms with Gasteiger partial charge in [-0.2, -0.15) is 13.2 Å². The predicted molar refractivity (Wildman–Crippen MR) is 96.1 cm³/mol. The van der Waals surface area contributed by atoms with Gasteiger partial charge in [-0.25, -0.2) is 4.79 Å². The molecule has 0 N–H and O–H groups in total. The van der Waals surface area contributed by atoms with Gasteiger partial charge in [0.15, 0.2) is 17.4 Å². The number of esters is 1. The third-order valence-electron chi connectivity index (χ3n) is 3.62. The predicted octanol–water partition coefficient (Wildman–Crippen LogP) is 5.19. The fourth-order valence-electron chi connectivity index (χ4n) is 2.31. The maximum Gasteiger partial charge on any atom is 0.388 e. The normalized spacial score (nSPS) is 13.6. The monoisotopic (exact) mass is 384 g/mol. The Morgan fingerprint density at radius 3 is 2.33 bits per heavy atom. The quantitative estimate of drug-likeness (QED) is 0.201. The van der Waals surface area contributed by atoms with Gasteiger partial charge < -0.3 is 8.85 Å². The number of rotatable bonds is 12. The van der Waals surface area contributed by atoms with E-state index in [1.807, 2.05) is 20.0 Å². The van der Waals surface area contributed by atoms with Gasteiger partial charge in [0.2, 0.25) is 0 Å². The Morgan fingerprint density at radius 2 is 1.83 bits per heavy atom. The molecule has 0 aliphatic rings. The highest BCUT2D eigenvalue weighted by molar-refractivity contribution is 6.78. The Balaban J connectivity index is 4.34. The van der Waals surface area contributed by atoms with Crippen LogP contribution in [-0.2, 0) is 13.6 Å². The topological polar surface area (TPSA) is 35.5 Å². The second kappa shape index (κ2) is 11.1. The van der Waals surface area contributed by atoms with Crippen molar-refractivity contribution in [1.29, 1.82) is 0 Å². The van der Waals surface area contributed by atoms with Crippen LogP contribution in [0.25, 0.3) is 0 Å². The first kappa shape index (κ1) is 23.4. The van der Waals surface area contributed by atoms with Crippen molar-refractivity contribution in [3.8, 4) is 0 Å². The number of unbranched alkanes of at least 4 members (excludes halogenated alkanes) is 1. The van der Waals surface area contributed by atoms with E-state index < -0.39 is 35.9 Å². The van der Waals surface area contributed by atoms with E-state index in [-0.39, 0.29) is 6.04 Å². The molecule has 8 heteroatoms. The number of alkyl halides is 3. The van der Waals surface area contributed by atoms with Gasteiger partial charge in [-0.3, -0.25) is 0 Å². The molecule has 0 heterocycles. The molecule has 0 aliphatic carbocycles. The lowest BCUT2D eigenvalue weighted by Gasteiger charge is -2.29. The average Bonchev–Trinajstić information content (AvgIpc) is 2.45. The zero-order chi connectivity index (χ0) is 18.8. The van der Waals surface area contributed by atoms with Crippen LogP contribution in [0.5, 0.6) is 0 Å². The molecule has 1 atom stereocenters.